The minimum Gasteiger partial charge on any atom is -0.476 e. The van der Waals surface area contributed by atoms with Crippen molar-refractivity contribution < 1.29 is 19.3 Å². The molecular weight excluding hydrogens is 258 g/mol. The SMILES string of the molecule is COC(O)OC1CC=C(C(N)OC2=CCCCC2)CC1. The monoisotopic (exact) mass is 283 g/mol. The maximum atomic E-state index is 9.28. The molecule has 20 heavy (non-hydrogen) atoms. The Morgan fingerprint density at radius 1 is 1.30 bits per heavy atom. The lowest BCUT2D eigenvalue weighted by Crippen LogP contribution is -2.31. The summed E-state index contributed by atoms with van der Waals surface area (Å²) in [5, 5.41) is 9.28. The quantitative estimate of drug-likeness (QED) is 0.577. The fourth-order valence-corrected chi connectivity index (χ4v) is 2.59. The Hall–Kier alpha value is -0.880. The largest absolute Gasteiger partial charge is 0.476 e. The molecule has 0 aliphatic heterocycles. The molecule has 0 aromatic carbocycles. The van der Waals surface area contributed by atoms with Crippen molar-refractivity contribution in [3.8, 4) is 0 Å². The molecule has 5 nitrogen and oxygen atoms in total. The van der Waals surface area contributed by atoms with E-state index in [-0.39, 0.29) is 12.3 Å². The van der Waals surface area contributed by atoms with Gasteiger partial charge in [0.05, 0.1) is 11.9 Å². The molecule has 0 saturated carbocycles. The molecule has 0 spiro atoms. The second kappa shape index (κ2) is 7.78. The number of ether oxygens (including phenoxy) is 3. The summed E-state index contributed by atoms with van der Waals surface area (Å²) in [6.45, 7) is -1.15. The van der Waals surface area contributed by atoms with Crippen LogP contribution in [0.2, 0.25) is 0 Å². The van der Waals surface area contributed by atoms with E-state index in [0.717, 1.165) is 43.4 Å². The lowest BCUT2D eigenvalue weighted by molar-refractivity contribution is -0.271. The predicted octanol–water partition coefficient (Wildman–Crippen LogP) is 2.16. The van der Waals surface area contributed by atoms with E-state index in [2.05, 4.69) is 16.9 Å². The maximum absolute atomic E-state index is 9.28. The van der Waals surface area contributed by atoms with E-state index in [1.807, 2.05) is 0 Å². The Kier molecular flexibility index (Phi) is 6.04. The minimum atomic E-state index is -1.15. The summed E-state index contributed by atoms with van der Waals surface area (Å²) >= 11 is 0. The zero-order valence-electron chi connectivity index (χ0n) is 12.1. The van der Waals surface area contributed by atoms with Crippen LogP contribution in [-0.2, 0) is 14.2 Å². The first-order valence-electron chi connectivity index (χ1n) is 7.35. The van der Waals surface area contributed by atoms with Crippen LogP contribution in [0.15, 0.2) is 23.5 Å². The molecule has 5 heteroatoms. The zero-order valence-corrected chi connectivity index (χ0v) is 12.1. The number of methoxy groups -OCH3 is 1. The van der Waals surface area contributed by atoms with Crippen molar-refractivity contribution in [3.05, 3.63) is 23.5 Å². The third-order valence-electron chi connectivity index (χ3n) is 3.80. The lowest BCUT2D eigenvalue weighted by atomic mass is 9.96. The highest BCUT2D eigenvalue weighted by Gasteiger charge is 2.22. The van der Waals surface area contributed by atoms with Gasteiger partial charge in [-0.2, -0.15) is 0 Å². The van der Waals surface area contributed by atoms with Crippen molar-refractivity contribution in [1.29, 1.82) is 0 Å². The van der Waals surface area contributed by atoms with Gasteiger partial charge in [-0.25, -0.2) is 0 Å². The van der Waals surface area contributed by atoms with Crippen LogP contribution in [0.3, 0.4) is 0 Å². The van der Waals surface area contributed by atoms with E-state index < -0.39 is 6.48 Å². The third-order valence-corrected chi connectivity index (χ3v) is 3.80. The van der Waals surface area contributed by atoms with Crippen molar-refractivity contribution in [3.63, 3.8) is 0 Å². The Bertz CT molecular complexity index is 367. The average molecular weight is 283 g/mol. The van der Waals surface area contributed by atoms with Gasteiger partial charge in [0.15, 0.2) is 6.23 Å². The minimum absolute atomic E-state index is 0.0187. The molecular formula is C15H25NO4. The lowest BCUT2D eigenvalue weighted by Gasteiger charge is -2.27. The van der Waals surface area contributed by atoms with Crippen LogP contribution in [0.25, 0.3) is 0 Å². The van der Waals surface area contributed by atoms with Crippen molar-refractivity contribution in [2.45, 2.75) is 63.8 Å². The molecule has 114 valence electrons. The Morgan fingerprint density at radius 3 is 2.75 bits per heavy atom. The Balaban J connectivity index is 1.80. The fourth-order valence-electron chi connectivity index (χ4n) is 2.59. The summed E-state index contributed by atoms with van der Waals surface area (Å²) in [5.41, 5.74) is 7.22. The summed E-state index contributed by atoms with van der Waals surface area (Å²) in [5.74, 6) is 1.03. The fraction of sp³-hybridized carbons (Fsp3) is 0.733. The summed E-state index contributed by atoms with van der Waals surface area (Å²) in [4.78, 5) is 0. The number of allylic oxidation sites excluding steroid dienone is 2. The van der Waals surface area contributed by atoms with Crippen molar-refractivity contribution in [2.75, 3.05) is 7.11 Å². The van der Waals surface area contributed by atoms with E-state index in [1.54, 1.807) is 0 Å². The first kappa shape index (κ1) is 15.5. The van der Waals surface area contributed by atoms with Crippen molar-refractivity contribution in [2.24, 2.45) is 5.73 Å². The highest BCUT2D eigenvalue weighted by molar-refractivity contribution is 5.12. The molecule has 0 bridgehead atoms. The van der Waals surface area contributed by atoms with Crippen LogP contribution in [0.1, 0.15) is 44.9 Å². The van der Waals surface area contributed by atoms with Crippen LogP contribution in [0.4, 0.5) is 0 Å². The van der Waals surface area contributed by atoms with Crippen LogP contribution >= 0.6 is 0 Å². The molecule has 0 fully saturated rings. The van der Waals surface area contributed by atoms with Crippen LogP contribution in [0, 0.1) is 0 Å². The molecule has 2 rings (SSSR count). The van der Waals surface area contributed by atoms with Crippen LogP contribution < -0.4 is 5.73 Å². The molecule has 3 N–H and O–H groups in total. The summed E-state index contributed by atoms with van der Waals surface area (Å²) in [6.07, 6.45) is 10.7. The number of aliphatic hydroxyl groups excluding tert-OH is 1. The highest BCUT2D eigenvalue weighted by atomic mass is 16.8. The van der Waals surface area contributed by atoms with E-state index in [0.29, 0.717) is 0 Å². The topological polar surface area (TPSA) is 73.9 Å². The number of rotatable bonds is 6. The molecule has 0 radical (unpaired) electrons. The van der Waals surface area contributed by atoms with Gasteiger partial charge in [-0.15, -0.1) is 0 Å². The number of aliphatic hydroxyl groups is 1. The van der Waals surface area contributed by atoms with Gasteiger partial charge in [-0.05, 0) is 50.2 Å². The van der Waals surface area contributed by atoms with Crippen molar-refractivity contribution in [1.82, 2.24) is 0 Å². The van der Waals surface area contributed by atoms with Gasteiger partial charge in [0.1, 0.15) is 0 Å². The van der Waals surface area contributed by atoms with Gasteiger partial charge in [-0.1, -0.05) is 6.08 Å². The molecule has 2 aliphatic rings. The first-order chi connectivity index (χ1) is 9.69. The van der Waals surface area contributed by atoms with Crippen molar-refractivity contribution >= 4 is 0 Å². The van der Waals surface area contributed by atoms with E-state index in [4.69, 9.17) is 15.2 Å². The van der Waals surface area contributed by atoms with Crippen LogP contribution in [-0.4, -0.2) is 31.0 Å². The van der Waals surface area contributed by atoms with Gasteiger partial charge >= 0.3 is 0 Å². The second-order valence-electron chi connectivity index (χ2n) is 5.31. The molecule has 3 unspecified atom stereocenters. The molecule has 0 amide bonds. The van der Waals surface area contributed by atoms with Gasteiger partial charge in [0.2, 0.25) is 0 Å². The van der Waals surface area contributed by atoms with Gasteiger partial charge in [0.25, 0.3) is 6.48 Å². The number of hydrogen-bond donors (Lipinski definition) is 2. The normalized spacial score (nSPS) is 26.4. The summed E-state index contributed by atoms with van der Waals surface area (Å²) < 4.78 is 15.8. The molecule has 0 saturated heterocycles. The molecule has 2 aliphatic carbocycles. The standard InChI is InChI=1S/C15H25NO4/c1-18-15(17)20-13-9-7-11(8-10-13)14(16)19-12-5-3-2-4-6-12/h5,7,13-15,17H,2-4,6,8-10,16H2,1H3. The summed E-state index contributed by atoms with van der Waals surface area (Å²) in [7, 11) is 1.41. The molecule has 0 aromatic rings. The van der Waals surface area contributed by atoms with Gasteiger partial charge in [0, 0.05) is 13.5 Å². The maximum Gasteiger partial charge on any atom is 0.269 e. The third kappa shape index (κ3) is 4.59. The van der Waals surface area contributed by atoms with E-state index >= 15 is 0 Å². The summed E-state index contributed by atoms with van der Waals surface area (Å²) in [6, 6.07) is 0. The van der Waals surface area contributed by atoms with E-state index in [1.165, 1.54) is 20.0 Å². The smallest absolute Gasteiger partial charge is 0.269 e. The Labute approximate surface area is 120 Å². The molecule has 0 heterocycles. The molecule has 3 atom stereocenters. The van der Waals surface area contributed by atoms with E-state index in [9.17, 15) is 5.11 Å². The highest BCUT2D eigenvalue weighted by Crippen LogP contribution is 2.26. The van der Waals surface area contributed by atoms with Gasteiger partial charge in [-0.3, -0.25) is 5.73 Å². The predicted molar refractivity (Wildman–Crippen MR) is 75.4 cm³/mol. The Morgan fingerprint density at radius 2 is 2.15 bits per heavy atom. The van der Waals surface area contributed by atoms with Crippen LogP contribution in [0.5, 0.6) is 0 Å². The molecule has 0 aromatic heterocycles. The number of hydrogen-bond acceptors (Lipinski definition) is 5. The number of nitrogens with two attached hydrogens (primary N) is 1. The van der Waals surface area contributed by atoms with Gasteiger partial charge < -0.3 is 19.3 Å². The second-order valence-corrected chi connectivity index (χ2v) is 5.31. The first-order valence-corrected chi connectivity index (χ1v) is 7.35. The zero-order chi connectivity index (χ0) is 14.4. The average Bonchev–Trinajstić information content (AvgIpc) is 2.49.